The Morgan fingerprint density at radius 1 is 0.493 bits per heavy atom. The predicted octanol–water partition coefficient (Wildman–Crippen LogP) is 17.2. The number of hydrogen-bond donors (Lipinski definition) is 0. The van der Waals surface area contributed by atoms with Crippen LogP contribution in [0.25, 0.3) is 43.5 Å². The molecule has 3 heterocycles. The highest BCUT2D eigenvalue weighted by atomic mass is 32.1. The van der Waals surface area contributed by atoms with Crippen LogP contribution in [0.3, 0.4) is 0 Å². The van der Waals surface area contributed by atoms with Crippen LogP contribution >= 0.6 is 11.3 Å². The van der Waals surface area contributed by atoms with Crippen LogP contribution < -0.4 is 25.5 Å². The van der Waals surface area contributed by atoms with Crippen LogP contribution in [0.1, 0.15) is 110 Å². The zero-order chi connectivity index (χ0) is 49.8. The molecule has 9 aromatic carbocycles. The van der Waals surface area contributed by atoms with E-state index < -0.39 is 5.41 Å². The molecule has 0 N–H and O–H groups in total. The summed E-state index contributed by atoms with van der Waals surface area (Å²) in [5.41, 5.74) is 29.9. The van der Waals surface area contributed by atoms with Gasteiger partial charge in [-0.2, -0.15) is 0 Å². The lowest BCUT2D eigenvalue weighted by Gasteiger charge is -2.43. The molecule has 0 fully saturated rings. The Morgan fingerprint density at radius 2 is 1.10 bits per heavy atom. The summed E-state index contributed by atoms with van der Waals surface area (Å²) < 4.78 is 2.72. The standard InChI is InChI=1S/C69H59BN2S/c1-40(2)48-22-17-23-49(41(3)4)64(48)44-28-33-59-60(36-44)71(46-18-11-10-12-19-46)61-34-43(6)35-62-65(61)70(59)67-66(72(62)47-30-26-42(5)27-31-47)54-38-53-52-32-29-45(68(7,8)9)37-57(52)69(58(53)39-63(54)73-67)55-24-15-13-20-50(55)51-21-14-16-25-56(51)69/h10-41H,1-9H3. The van der Waals surface area contributed by atoms with Gasteiger partial charge in [0.1, 0.15) is 0 Å². The fraction of sp³-hybridized carbons (Fsp3) is 0.188. The quantitative estimate of drug-likeness (QED) is 0.159. The van der Waals surface area contributed by atoms with Crippen molar-refractivity contribution in [1.29, 1.82) is 0 Å². The maximum Gasteiger partial charge on any atom is 0.264 e. The van der Waals surface area contributed by atoms with Gasteiger partial charge in [-0.3, -0.25) is 0 Å². The van der Waals surface area contributed by atoms with Gasteiger partial charge in [0.15, 0.2) is 0 Å². The molecule has 0 saturated heterocycles. The van der Waals surface area contributed by atoms with Crippen molar-refractivity contribution in [1.82, 2.24) is 0 Å². The second kappa shape index (κ2) is 15.8. The number of rotatable bonds is 5. The smallest absolute Gasteiger partial charge is 0.264 e. The van der Waals surface area contributed by atoms with Gasteiger partial charge in [-0.05, 0) is 175 Å². The van der Waals surface area contributed by atoms with E-state index in [1.54, 1.807) is 0 Å². The Labute approximate surface area is 435 Å². The molecule has 0 unspecified atom stereocenters. The largest absolute Gasteiger partial charge is 0.311 e. The third-order valence-corrected chi connectivity index (χ3v) is 18.1. The van der Waals surface area contributed by atoms with Crippen molar-refractivity contribution >= 4 is 78.0 Å². The van der Waals surface area contributed by atoms with Crippen molar-refractivity contribution < 1.29 is 0 Å². The molecule has 2 aliphatic carbocycles. The van der Waals surface area contributed by atoms with Gasteiger partial charge in [0.2, 0.25) is 0 Å². The topological polar surface area (TPSA) is 6.48 Å². The number of nitrogens with zero attached hydrogens (tertiary/aromatic N) is 2. The van der Waals surface area contributed by atoms with Gasteiger partial charge < -0.3 is 9.80 Å². The van der Waals surface area contributed by atoms with E-state index in [1.165, 1.54) is 143 Å². The molecule has 0 bridgehead atoms. The molecule has 1 spiro atoms. The summed E-state index contributed by atoms with van der Waals surface area (Å²) in [6.45, 7) is 20.9. The molecule has 2 aliphatic heterocycles. The normalized spacial score (nSPS) is 14.4. The maximum atomic E-state index is 2.63. The molecule has 4 aliphatic rings. The molecule has 14 rings (SSSR count). The van der Waals surface area contributed by atoms with E-state index in [9.17, 15) is 0 Å². The molecular weight excluding hydrogens is 900 g/mol. The summed E-state index contributed by atoms with van der Waals surface area (Å²) in [4.78, 5) is 5.21. The second-order valence-electron chi connectivity index (χ2n) is 22.9. The number of benzene rings is 9. The van der Waals surface area contributed by atoms with Gasteiger partial charge in [-0.15, -0.1) is 11.3 Å². The molecule has 73 heavy (non-hydrogen) atoms. The summed E-state index contributed by atoms with van der Waals surface area (Å²) in [6.07, 6.45) is 0. The van der Waals surface area contributed by atoms with E-state index in [1.807, 2.05) is 11.3 Å². The number of hydrogen-bond acceptors (Lipinski definition) is 3. The average Bonchev–Trinajstić information content (AvgIpc) is 4.01. The third-order valence-electron chi connectivity index (χ3n) is 16.9. The Kier molecular flexibility index (Phi) is 9.59. The van der Waals surface area contributed by atoms with Crippen molar-refractivity contribution in [2.24, 2.45) is 0 Å². The summed E-state index contributed by atoms with van der Waals surface area (Å²) in [6, 6.07) is 70.8. The highest BCUT2D eigenvalue weighted by molar-refractivity contribution is 7.33. The van der Waals surface area contributed by atoms with E-state index in [2.05, 4.69) is 254 Å². The number of para-hydroxylation sites is 1. The molecule has 0 atom stereocenters. The summed E-state index contributed by atoms with van der Waals surface area (Å²) in [5.74, 6) is 0.764. The van der Waals surface area contributed by atoms with Gasteiger partial charge in [0.05, 0.1) is 11.1 Å². The molecule has 1 aromatic heterocycles. The van der Waals surface area contributed by atoms with Gasteiger partial charge in [0.25, 0.3) is 6.71 Å². The Balaban J connectivity index is 1.09. The van der Waals surface area contributed by atoms with Crippen molar-refractivity contribution in [3.63, 3.8) is 0 Å². The first-order valence-corrected chi connectivity index (χ1v) is 27.2. The van der Waals surface area contributed by atoms with Gasteiger partial charge in [0, 0.05) is 43.3 Å². The Hall–Kier alpha value is -7.40. The van der Waals surface area contributed by atoms with Crippen LogP contribution in [0.15, 0.2) is 182 Å². The lowest BCUT2D eigenvalue weighted by Crippen LogP contribution is -2.60. The molecular formula is C69H59BN2S. The van der Waals surface area contributed by atoms with Crippen molar-refractivity contribution in [3.8, 4) is 33.4 Å². The predicted molar refractivity (Wildman–Crippen MR) is 314 cm³/mol. The fourth-order valence-electron chi connectivity index (χ4n) is 13.6. The molecule has 10 aromatic rings. The Morgan fingerprint density at radius 3 is 1.75 bits per heavy atom. The van der Waals surface area contributed by atoms with Crippen LogP contribution in [-0.2, 0) is 10.8 Å². The average molecular weight is 959 g/mol. The minimum atomic E-state index is -0.452. The first-order chi connectivity index (χ1) is 35.3. The van der Waals surface area contributed by atoms with Crippen molar-refractivity contribution in [2.45, 2.75) is 85.0 Å². The first kappa shape index (κ1) is 44.3. The molecule has 0 saturated carbocycles. The van der Waals surface area contributed by atoms with Crippen LogP contribution in [0.5, 0.6) is 0 Å². The second-order valence-corrected chi connectivity index (χ2v) is 24.0. The highest BCUT2D eigenvalue weighted by Gasteiger charge is 2.53. The Bertz CT molecular complexity index is 3870. The number of aryl methyl sites for hydroxylation is 2. The number of anilines is 6. The first-order valence-electron chi connectivity index (χ1n) is 26.4. The van der Waals surface area contributed by atoms with E-state index in [-0.39, 0.29) is 12.1 Å². The van der Waals surface area contributed by atoms with Crippen LogP contribution in [0.4, 0.5) is 34.1 Å². The lowest BCUT2D eigenvalue weighted by molar-refractivity contribution is 0.588. The van der Waals surface area contributed by atoms with E-state index in [0.717, 1.165) is 0 Å². The zero-order valence-corrected chi connectivity index (χ0v) is 44.2. The monoisotopic (exact) mass is 958 g/mol. The molecule has 354 valence electrons. The van der Waals surface area contributed by atoms with E-state index in [4.69, 9.17) is 0 Å². The fourth-order valence-corrected chi connectivity index (χ4v) is 14.9. The maximum absolute atomic E-state index is 2.63. The van der Waals surface area contributed by atoms with Crippen LogP contribution in [0.2, 0.25) is 0 Å². The SMILES string of the molecule is Cc1ccc(N2c3cc(C)cc4c3B(c3ccc(-c5c(C(C)C)cccc5C(C)C)cc3N4c3ccccc3)c3sc4cc5c(cc4c32)-c2ccc(C(C)(C)C)cc2C52c3ccccc3-c3ccccc32)cc1. The van der Waals surface area contributed by atoms with Gasteiger partial charge in [-0.1, -0.05) is 181 Å². The summed E-state index contributed by atoms with van der Waals surface area (Å²) in [5, 5.41) is 1.31. The van der Waals surface area contributed by atoms with Gasteiger partial charge >= 0.3 is 0 Å². The molecule has 0 amide bonds. The third kappa shape index (κ3) is 6.17. The number of thiophene rings is 1. The minimum Gasteiger partial charge on any atom is -0.311 e. The highest BCUT2D eigenvalue weighted by Crippen LogP contribution is 2.64. The van der Waals surface area contributed by atoms with Crippen molar-refractivity contribution in [3.05, 3.63) is 232 Å². The molecule has 2 nitrogen and oxygen atoms in total. The summed E-state index contributed by atoms with van der Waals surface area (Å²) >= 11 is 2.01. The number of fused-ring (bicyclic) bond motifs is 16. The molecule has 4 heteroatoms. The van der Waals surface area contributed by atoms with Crippen molar-refractivity contribution in [2.75, 3.05) is 9.80 Å². The minimum absolute atomic E-state index is 0.00647. The van der Waals surface area contributed by atoms with E-state index >= 15 is 0 Å². The molecule has 0 radical (unpaired) electrons. The van der Waals surface area contributed by atoms with Crippen LogP contribution in [-0.4, -0.2) is 6.71 Å². The van der Waals surface area contributed by atoms with E-state index in [0.29, 0.717) is 11.8 Å². The van der Waals surface area contributed by atoms with Gasteiger partial charge in [-0.25, -0.2) is 0 Å². The summed E-state index contributed by atoms with van der Waals surface area (Å²) in [7, 11) is 0. The zero-order valence-electron chi connectivity index (χ0n) is 43.4. The van der Waals surface area contributed by atoms with Crippen LogP contribution in [0, 0.1) is 13.8 Å². The lowest BCUT2D eigenvalue weighted by atomic mass is 9.36.